The van der Waals surface area contributed by atoms with Crippen LogP contribution in [0.3, 0.4) is 0 Å². The molecule has 20 heavy (non-hydrogen) atoms. The highest BCUT2D eigenvalue weighted by Crippen LogP contribution is 2.00. The van der Waals surface area contributed by atoms with Gasteiger partial charge in [0, 0.05) is 0 Å². The molecular formula is C12H23O8-. The topological polar surface area (TPSA) is 147 Å². The maximum Gasteiger partial charge on any atom is 0.338 e. The Labute approximate surface area is 117 Å². The highest BCUT2D eigenvalue weighted by Gasteiger charge is 2.26. The number of carbonyl (C=O) groups is 2. The monoisotopic (exact) mass is 295 g/mol. The van der Waals surface area contributed by atoms with Gasteiger partial charge in [0.25, 0.3) is 0 Å². The maximum absolute atomic E-state index is 10.6. The Balaban J connectivity index is 0. The molecule has 2 unspecified atom stereocenters. The van der Waals surface area contributed by atoms with Crippen LogP contribution in [0.25, 0.3) is 0 Å². The van der Waals surface area contributed by atoms with Gasteiger partial charge < -0.3 is 35.1 Å². The maximum atomic E-state index is 10.6. The van der Waals surface area contributed by atoms with E-state index in [-0.39, 0.29) is 6.61 Å². The number of carboxylic acid groups (broad SMARTS) is 1. The summed E-state index contributed by atoms with van der Waals surface area (Å²) in [6, 6.07) is 0. The molecule has 0 bridgehead atoms. The van der Waals surface area contributed by atoms with Gasteiger partial charge in [-0.2, -0.15) is 0 Å². The Bertz CT molecular complexity index is 266. The Morgan fingerprint density at radius 3 is 1.95 bits per heavy atom. The van der Waals surface area contributed by atoms with Crippen LogP contribution < -0.4 is 5.11 Å². The van der Waals surface area contributed by atoms with Crippen molar-refractivity contribution in [3.8, 4) is 0 Å². The average Bonchev–Trinajstić information content (AvgIpc) is 2.37. The summed E-state index contributed by atoms with van der Waals surface area (Å²) in [7, 11) is 0. The minimum absolute atomic E-state index is 0.00430. The highest BCUT2D eigenvalue weighted by molar-refractivity contribution is 5.83. The van der Waals surface area contributed by atoms with Crippen molar-refractivity contribution in [3.63, 3.8) is 0 Å². The molecule has 0 radical (unpaired) electrons. The zero-order valence-electron chi connectivity index (χ0n) is 11.7. The lowest BCUT2D eigenvalue weighted by Crippen LogP contribution is -2.47. The Morgan fingerprint density at radius 2 is 1.60 bits per heavy atom. The first kappa shape index (κ1) is 21.1. The van der Waals surface area contributed by atoms with Crippen LogP contribution in [0.1, 0.15) is 39.5 Å². The quantitative estimate of drug-likeness (QED) is 0.226. The van der Waals surface area contributed by atoms with E-state index in [1.165, 1.54) is 6.92 Å². The molecule has 0 aromatic heterocycles. The third-order valence-corrected chi connectivity index (χ3v) is 2.13. The number of ether oxygens (including phenoxy) is 1. The number of unbranched alkanes of at least 4 members (excludes halogenated alkanes) is 2. The summed E-state index contributed by atoms with van der Waals surface area (Å²) >= 11 is 0. The molecule has 2 atom stereocenters. The molecule has 4 N–H and O–H groups in total. The van der Waals surface area contributed by atoms with Gasteiger partial charge in [-0.25, -0.2) is 4.79 Å². The number of hydrogen-bond donors (Lipinski definition) is 4. The fraction of sp³-hybridized carbons (Fsp3) is 0.833. The summed E-state index contributed by atoms with van der Waals surface area (Å²) < 4.78 is 4.23. The van der Waals surface area contributed by atoms with Crippen LogP contribution in [0.5, 0.6) is 0 Å². The molecule has 8 nitrogen and oxygen atoms in total. The third kappa shape index (κ3) is 11.8. The van der Waals surface area contributed by atoms with Crippen LogP contribution in [-0.4, -0.2) is 57.5 Å². The van der Waals surface area contributed by atoms with Crippen molar-refractivity contribution in [1.82, 2.24) is 0 Å². The van der Waals surface area contributed by atoms with Crippen LogP contribution in [0.4, 0.5) is 0 Å². The fourth-order valence-electron chi connectivity index (χ4n) is 1.06. The molecule has 0 saturated heterocycles. The minimum atomic E-state index is -2.25. The number of aliphatic hydroxyl groups is 4. The van der Waals surface area contributed by atoms with Crippen molar-refractivity contribution in [2.24, 2.45) is 0 Å². The van der Waals surface area contributed by atoms with E-state index >= 15 is 0 Å². The summed E-state index contributed by atoms with van der Waals surface area (Å²) in [6.07, 6.45) is -1.76. The normalized spacial score (nSPS) is 13.2. The van der Waals surface area contributed by atoms with Crippen molar-refractivity contribution in [1.29, 1.82) is 0 Å². The molecule has 120 valence electrons. The van der Waals surface area contributed by atoms with Gasteiger partial charge >= 0.3 is 5.97 Å². The standard InChI is InChI=1S/C6H10O6.C6H14O2/c1-2-12-6(11)4(8)3(7)5(9)10;1-2-3-4-5-6(7)8/h3-4,7-8H,2H2,1H3,(H,9,10);6-8H,2-5H2,1H3/p-1. The molecule has 0 aromatic carbocycles. The van der Waals surface area contributed by atoms with Gasteiger partial charge in [0.2, 0.25) is 0 Å². The van der Waals surface area contributed by atoms with E-state index in [2.05, 4.69) is 11.7 Å². The van der Waals surface area contributed by atoms with E-state index in [9.17, 15) is 14.7 Å². The number of rotatable bonds is 8. The molecule has 0 spiro atoms. The number of hydrogen-bond acceptors (Lipinski definition) is 8. The Morgan fingerprint density at radius 1 is 1.05 bits per heavy atom. The van der Waals surface area contributed by atoms with E-state index in [1.54, 1.807) is 0 Å². The van der Waals surface area contributed by atoms with Crippen molar-refractivity contribution < 1.29 is 39.9 Å². The summed E-state index contributed by atoms with van der Waals surface area (Å²) in [5, 5.41) is 43.9. The number of carboxylic acids is 1. The molecule has 0 aliphatic rings. The largest absolute Gasteiger partial charge is 0.547 e. The zero-order valence-corrected chi connectivity index (χ0v) is 11.7. The first-order valence-corrected chi connectivity index (χ1v) is 6.37. The second kappa shape index (κ2) is 12.8. The highest BCUT2D eigenvalue weighted by atomic mass is 16.5. The molecule has 0 aromatic rings. The van der Waals surface area contributed by atoms with E-state index < -0.39 is 30.4 Å². The SMILES string of the molecule is CCCCCC(O)O.CCOC(=O)C(O)C(O)C(=O)[O-]. The first-order chi connectivity index (χ1) is 9.27. The third-order valence-electron chi connectivity index (χ3n) is 2.13. The second-order valence-electron chi connectivity index (χ2n) is 3.94. The number of aliphatic carboxylic acids is 1. The van der Waals surface area contributed by atoms with E-state index in [0.29, 0.717) is 6.42 Å². The lowest BCUT2D eigenvalue weighted by Gasteiger charge is -2.16. The van der Waals surface area contributed by atoms with E-state index in [4.69, 9.17) is 20.4 Å². The molecule has 0 aliphatic heterocycles. The number of carbonyl (C=O) groups excluding carboxylic acids is 2. The molecule has 0 rings (SSSR count). The van der Waals surface area contributed by atoms with Gasteiger partial charge in [-0.3, -0.25) is 0 Å². The van der Waals surface area contributed by atoms with Crippen LogP contribution in [-0.2, 0) is 14.3 Å². The van der Waals surface area contributed by atoms with Crippen LogP contribution >= 0.6 is 0 Å². The minimum Gasteiger partial charge on any atom is -0.547 e. The Hall–Kier alpha value is -1.22. The van der Waals surface area contributed by atoms with Gasteiger partial charge in [0.15, 0.2) is 12.4 Å². The average molecular weight is 295 g/mol. The van der Waals surface area contributed by atoms with Crippen molar-refractivity contribution in [2.45, 2.75) is 58.0 Å². The lowest BCUT2D eigenvalue weighted by atomic mass is 10.2. The van der Waals surface area contributed by atoms with Crippen LogP contribution in [0, 0.1) is 0 Å². The van der Waals surface area contributed by atoms with Crippen LogP contribution in [0.2, 0.25) is 0 Å². The molecular weight excluding hydrogens is 272 g/mol. The molecule has 0 saturated carbocycles. The second-order valence-corrected chi connectivity index (χ2v) is 3.94. The molecule has 0 aliphatic carbocycles. The Kier molecular flexibility index (Phi) is 13.5. The summed E-state index contributed by atoms with van der Waals surface area (Å²) in [5.74, 6) is -3.11. The molecule has 0 heterocycles. The van der Waals surface area contributed by atoms with Gasteiger partial charge in [-0.05, 0) is 19.8 Å². The summed E-state index contributed by atoms with van der Waals surface area (Å²) in [4.78, 5) is 20.5. The van der Waals surface area contributed by atoms with E-state index in [1.807, 2.05) is 0 Å². The van der Waals surface area contributed by atoms with Gasteiger partial charge in [0.05, 0.1) is 12.6 Å². The summed E-state index contributed by atoms with van der Waals surface area (Å²) in [5.41, 5.74) is 0. The number of aliphatic hydroxyl groups excluding tert-OH is 3. The van der Waals surface area contributed by atoms with Crippen LogP contribution in [0.15, 0.2) is 0 Å². The van der Waals surface area contributed by atoms with Gasteiger partial charge in [-0.15, -0.1) is 0 Å². The van der Waals surface area contributed by atoms with Crippen molar-refractivity contribution in [3.05, 3.63) is 0 Å². The van der Waals surface area contributed by atoms with Gasteiger partial charge in [0.1, 0.15) is 6.10 Å². The molecule has 0 fully saturated rings. The number of esters is 1. The molecule has 0 amide bonds. The van der Waals surface area contributed by atoms with E-state index in [0.717, 1.165) is 19.3 Å². The predicted molar refractivity (Wildman–Crippen MR) is 66.0 cm³/mol. The van der Waals surface area contributed by atoms with Gasteiger partial charge in [-0.1, -0.05) is 19.8 Å². The van der Waals surface area contributed by atoms with Crippen molar-refractivity contribution in [2.75, 3.05) is 6.61 Å². The lowest BCUT2D eigenvalue weighted by molar-refractivity contribution is -0.318. The molecule has 8 heteroatoms. The van der Waals surface area contributed by atoms with Crippen molar-refractivity contribution >= 4 is 11.9 Å². The predicted octanol–water partition coefficient (Wildman–Crippen LogP) is -2.10. The smallest absolute Gasteiger partial charge is 0.338 e. The summed E-state index contributed by atoms with van der Waals surface area (Å²) in [6.45, 7) is 3.56. The zero-order chi connectivity index (χ0) is 16.1. The fourth-order valence-corrected chi connectivity index (χ4v) is 1.06. The first-order valence-electron chi connectivity index (χ1n) is 6.37.